The summed E-state index contributed by atoms with van der Waals surface area (Å²) in [5.74, 6) is 0. The van der Waals surface area contributed by atoms with Gasteiger partial charge in [-0.1, -0.05) is 19.9 Å². The highest BCUT2D eigenvalue weighted by Crippen LogP contribution is 2.23. The van der Waals surface area contributed by atoms with Crippen LogP contribution in [0.4, 0.5) is 0 Å². The van der Waals surface area contributed by atoms with Gasteiger partial charge in [-0.3, -0.25) is 4.68 Å². The summed E-state index contributed by atoms with van der Waals surface area (Å²) < 4.78 is 15.6. The highest BCUT2D eigenvalue weighted by atomic mass is 32.2. The van der Waals surface area contributed by atoms with Gasteiger partial charge in [0, 0.05) is 18.8 Å². The summed E-state index contributed by atoms with van der Waals surface area (Å²) in [5, 5.41) is 4.16. The van der Waals surface area contributed by atoms with Gasteiger partial charge in [-0.15, -0.1) is 0 Å². The van der Waals surface area contributed by atoms with Gasteiger partial charge < -0.3 is 0 Å². The second kappa shape index (κ2) is 7.36. The lowest BCUT2D eigenvalue weighted by molar-refractivity contribution is 0.603. The van der Waals surface area contributed by atoms with Gasteiger partial charge in [-0.05, 0) is 44.3 Å². The summed E-state index contributed by atoms with van der Waals surface area (Å²) in [4.78, 5) is 0.818. The van der Waals surface area contributed by atoms with Crippen molar-refractivity contribution >= 4 is 11.0 Å². The Morgan fingerprint density at radius 2 is 1.80 bits per heavy atom. The largest absolute Gasteiger partial charge is 0.275 e. The van der Waals surface area contributed by atoms with Gasteiger partial charge in [0.2, 0.25) is 0 Å². The summed E-state index contributed by atoms with van der Waals surface area (Å²) >= 11 is 0. The van der Waals surface area contributed by atoms with Crippen molar-refractivity contribution in [3.63, 3.8) is 0 Å². The van der Waals surface area contributed by atoms with Crippen LogP contribution in [-0.2, 0) is 18.0 Å². The minimum Gasteiger partial charge on any atom is -0.275 e. The standard InChI is InChI=1S/C13H17N3OS.C2H6/c1-10-5-11(12-8-14-16(4)9-12)7-13(6-10)18(17)15(2)3;1-2/h5-9H,1-4H3;1-2H3. The van der Waals surface area contributed by atoms with E-state index in [1.54, 1.807) is 8.99 Å². The topological polar surface area (TPSA) is 38.1 Å². The lowest BCUT2D eigenvalue weighted by Crippen LogP contribution is -2.15. The third kappa shape index (κ3) is 4.02. The van der Waals surface area contributed by atoms with Crippen LogP contribution in [0.25, 0.3) is 11.1 Å². The Hall–Kier alpha value is -1.46. The maximum atomic E-state index is 12.1. The van der Waals surface area contributed by atoms with Gasteiger partial charge in [0.25, 0.3) is 0 Å². The molecule has 1 atom stereocenters. The molecule has 0 saturated carbocycles. The van der Waals surface area contributed by atoms with E-state index < -0.39 is 11.0 Å². The fourth-order valence-corrected chi connectivity index (χ4v) is 2.73. The molecule has 0 fully saturated rings. The Morgan fingerprint density at radius 3 is 2.30 bits per heavy atom. The number of hydrogen-bond acceptors (Lipinski definition) is 2. The normalized spacial score (nSPS) is 11.9. The summed E-state index contributed by atoms with van der Waals surface area (Å²) in [6.07, 6.45) is 3.77. The Kier molecular flexibility index (Phi) is 6.10. The van der Waals surface area contributed by atoms with E-state index in [2.05, 4.69) is 11.2 Å². The highest BCUT2D eigenvalue weighted by molar-refractivity contribution is 7.82. The molecule has 0 amide bonds. The van der Waals surface area contributed by atoms with E-state index in [1.165, 1.54) is 0 Å². The third-order valence-corrected chi connectivity index (χ3v) is 3.92. The van der Waals surface area contributed by atoms with Crippen molar-refractivity contribution in [3.8, 4) is 11.1 Å². The van der Waals surface area contributed by atoms with Crippen LogP contribution in [-0.4, -0.2) is 32.4 Å². The lowest BCUT2D eigenvalue weighted by atomic mass is 10.1. The zero-order chi connectivity index (χ0) is 15.3. The van der Waals surface area contributed by atoms with E-state index in [1.807, 2.05) is 66.4 Å². The van der Waals surface area contributed by atoms with Crippen LogP contribution in [0, 0.1) is 6.92 Å². The highest BCUT2D eigenvalue weighted by Gasteiger charge is 2.10. The smallest absolute Gasteiger partial charge is 0.127 e. The predicted molar refractivity (Wildman–Crippen MR) is 84.8 cm³/mol. The minimum absolute atomic E-state index is 0.818. The number of benzene rings is 1. The second-order valence-corrected chi connectivity index (χ2v) is 6.20. The minimum atomic E-state index is -1.12. The van der Waals surface area contributed by atoms with Crippen molar-refractivity contribution in [2.24, 2.45) is 7.05 Å². The Morgan fingerprint density at radius 1 is 1.15 bits per heavy atom. The van der Waals surface area contributed by atoms with Crippen LogP contribution in [0.5, 0.6) is 0 Å². The molecule has 1 aromatic carbocycles. The van der Waals surface area contributed by atoms with Gasteiger partial charge in [0.15, 0.2) is 0 Å². The zero-order valence-electron chi connectivity index (χ0n) is 13.0. The molecule has 0 spiro atoms. The van der Waals surface area contributed by atoms with Crippen LogP contribution in [0.2, 0.25) is 0 Å². The molecule has 0 aliphatic heterocycles. The van der Waals surface area contributed by atoms with Gasteiger partial charge in [0.05, 0.1) is 11.1 Å². The van der Waals surface area contributed by atoms with Crippen molar-refractivity contribution in [2.75, 3.05) is 14.1 Å². The Balaban J connectivity index is 0.000000956. The maximum Gasteiger partial charge on any atom is 0.127 e. The van der Waals surface area contributed by atoms with Gasteiger partial charge >= 0.3 is 0 Å². The Labute approximate surface area is 124 Å². The van der Waals surface area contributed by atoms with Crippen LogP contribution >= 0.6 is 0 Å². The zero-order valence-corrected chi connectivity index (χ0v) is 13.9. The van der Waals surface area contributed by atoms with Crippen molar-refractivity contribution < 1.29 is 4.21 Å². The summed E-state index contributed by atoms with van der Waals surface area (Å²) in [5.41, 5.74) is 3.19. The molecule has 110 valence electrons. The molecule has 0 saturated heterocycles. The summed E-state index contributed by atoms with van der Waals surface area (Å²) in [6, 6.07) is 5.99. The predicted octanol–water partition coefficient (Wildman–Crippen LogP) is 3.01. The molecule has 0 radical (unpaired) electrons. The van der Waals surface area contributed by atoms with Crippen molar-refractivity contribution in [1.82, 2.24) is 14.1 Å². The third-order valence-electron chi connectivity index (χ3n) is 2.62. The van der Waals surface area contributed by atoms with E-state index in [4.69, 9.17) is 0 Å². The second-order valence-electron chi connectivity index (χ2n) is 4.50. The first-order valence-electron chi connectivity index (χ1n) is 6.67. The molecule has 5 heteroatoms. The molecule has 1 heterocycles. The Bertz CT molecular complexity index is 591. The summed E-state index contributed by atoms with van der Waals surface area (Å²) in [7, 11) is 4.39. The molecule has 20 heavy (non-hydrogen) atoms. The number of aryl methyl sites for hydroxylation is 2. The first kappa shape index (κ1) is 16.6. The molecule has 1 unspecified atom stereocenters. The van der Waals surface area contributed by atoms with Gasteiger partial charge in [-0.25, -0.2) is 8.51 Å². The average Bonchev–Trinajstić information content (AvgIpc) is 2.86. The molecule has 0 N–H and O–H groups in total. The molecule has 0 aliphatic carbocycles. The van der Waals surface area contributed by atoms with Gasteiger partial charge in [0.1, 0.15) is 11.0 Å². The lowest BCUT2D eigenvalue weighted by Gasteiger charge is -2.11. The van der Waals surface area contributed by atoms with E-state index in [0.717, 1.165) is 21.6 Å². The first-order chi connectivity index (χ1) is 9.47. The number of aromatic nitrogens is 2. The van der Waals surface area contributed by atoms with Crippen molar-refractivity contribution in [1.29, 1.82) is 0 Å². The molecule has 0 bridgehead atoms. The molecular weight excluding hydrogens is 270 g/mol. The van der Waals surface area contributed by atoms with E-state index >= 15 is 0 Å². The van der Waals surface area contributed by atoms with Crippen molar-refractivity contribution in [2.45, 2.75) is 25.7 Å². The van der Waals surface area contributed by atoms with Crippen molar-refractivity contribution in [3.05, 3.63) is 36.2 Å². The fourth-order valence-electron chi connectivity index (χ4n) is 1.80. The SMILES string of the molecule is CC.Cc1cc(-c2cnn(C)c2)cc(S(=O)N(C)C)c1. The maximum absolute atomic E-state index is 12.1. The molecule has 0 aliphatic rings. The number of nitrogens with zero attached hydrogens (tertiary/aromatic N) is 3. The fraction of sp³-hybridized carbons (Fsp3) is 0.400. The molecule has 2 rings (SSSR count). The van der Waals surface area contributed by atoms with Crippen LogP contribution in [0.1, 0.15) is 19.4 Å². The van der Waals surface area contributed by atoms with Crippen LogP contribution in [0.15, 0.2) is 35.5 Å². The van der Waals surface area contributed by atoms with E-state index in [-0.39, 0.29) is 0 Å². The van der Waals surface area contributed by atoms with E-state index in [9.17, 15) is 4.21 Å². The summed E-state index contributed by atoms with van der Waals surface area (Å²) in [6.45, 7) is 6.01. The van der Waals surface area contributed by atoms with E-state index in [0.29, 0.717) is 0 Å². The molecule has 1 aromatic heterocycles. The average molecular weight is 293 g/mol. The number of hydrogen-bond donors (Lipinski definition) is 0. The molecular formula is C15H23N3OS. The van der Waals surface area contributed by atoms with Gasteiger partial charge in [-0.2, -0.15) is 5.10 Å². The molecule has 4 nitrogen and oxygen atoms in total. The van der Waals surface area contributed by atoms with Crippen LogP contribution < -0.4 is 0 Å². The first-order valence-corrected chi connectivity index (χ1v) is 7.78. The monoisotopic (exact) mass is 293 g/mol. The quantitative estimate of drug-likeness (QED) is 0.872. The molecule has 2 aromatic rings. The number of rotatable bonds is 3. The van der Waals surface area contributed by atoms with Crippen LogP contribution in [0.3, 0.4) is 0 Å².